The number of anilines is 1. The lowest BCUT2D eigenvalue weighted by molar-refractivity contribution is 0.102. The van der Waals surface area contributed by atoms with Crippen LogP contribution in [0, 0.1) is 17.1 Å². The minimum absolute atomic E-state index is 0.210. The molecule has 1 aromatic heterocycles. The van der Waals surface area contributed by atoms with E-state index >= 15 is 0 Å². The van der Waals surface area contributed by atoms with E-state index in [0.29, 0.717) is 27.0 Å². The number of halogens is 2. The largest absolute Gasteiger partial charge is 0.438 e. The van der Waals surface area contributed by atoms with Crippen LogP contribution in [0.5, 0.6) is 11.6 Å². The van der Waals surface area contributed by atoms with E-state index in [1.54, 1.807) is 36.4 Å². The van der Waals surface area contributed by atoms with Gasteiger partial charge in [0, 0.05) is 16.4 Å². The first-order valence-corrected chi connectivity index (χ1v) is 8.25. The van der Waals surface area contributed by atoms with Gasteiger partial charge in [-0.15, -0.1) is 0 Å². The Balaban J connectivity index is 1.72. The lowest BCUT2D eigenvalue weighted by Gasteiger charge is -2.09. The fraction of sp³-hybridized carbons (Fsp3) is 0. The molecule has 0 aliphatic rings. The molecule has 128 valence electrons. The predicted molar refractivity (Wildman–Crippen MR) is 97.5 cm³/mol. The maximum Gasteiger partial charge on any atom is 0.256 e. The Bertz CT molecular complexity index is 1000. The van der Waals surface area contributed by atoms with Crippen molar-refractivity contribution in [2.45, 2.75) is 0 Å². The normalized spacial score (nSPS) is 10.0. The standard InChI is InChI=1S/C19H11BrFN3O2/c20-17-10-13(21)3-8-16(17)18(25)24-14-4-6-15(7-5-14)26-19-12(11-22)2-1-9-23-19/h1-10H,(H,24,25). The average molecular weight is 412 g/mol. The summed E-state index contributed by atoms with van der Waals surface area (Å²) >= 11 is 3.17. The van der Waals surface area contributed by atoms with Crippen LogP contribution in [0.15, 0.2) is 65.3 Å². The smallest absolute Gasteiger partial charge is 0.256 e. The summed E-state index contributed by atoms with van der Waals surface area (Å²) in [6, 6.07) is 15.7. The van der Waals surface area contributed by atoms with Gasteiger partial charge in [-0.2, -0.15) is 5.26 Å². The summed E-state index contributed by atoms with van der Waals surface area (Å²) in [5.41, 5.74) is 1.19. The fourth-order valence-corrected chi connectivity index (χ4v) is 2.68. The van der Waals surface area contributed by atoms with Crippen LogP contribution in [0.25, 0.3) is 0 Å². The third-order valence-corrected chi connectivity index (χ3v) is 4.05. The number of nitrogens with one attached hydrogen (secondary N) is 1. The van der Waals surface area contributed by atoms with Crippen molar-refractivity contribution in [3.8, 4) is 17.7 Å². The predicted octanol–water partition coefficient (Wildman–Crippen LogP) is 4.90. The molecule has 0 unspecified atom stereocenters. The quantitative estimate of drug-likeness (QED) is 0.662. The molecule has 1 amide bonds. The second kappa shape index (κ2) is 7.76. The van der Waals surface area contributed by atoms with Crippen molar-refractivity contribution in [1.82, 2.24) is 4.98 Å². The van der Waals surface area contributed by atoms with Crippen LogP contribution >= 0.6 is 15.9 Å². The minimum atomic E-state index is -0.429. The molecule has 3 rings (SSSR count). The van der Waals surface area contributed by atoms with E-state index < -0.39 is 5.82 Å². The van der Waals surface area contributed by atoms with E-state index in [4.69, 9.17) is 10.00 Å². The molecule has 1 N–H and O–H groups in total. The summed E-state index contributed by atoms with van der Waals surface area (Å²) in [5.74, 6) is -0.119. The van der Waals surface area contributed by atoms with E-state index in [9.17, 15) is 9.18 Å². The highest BCUT2D eigenvalue weighted by Gasteiger charge is 2.11. The van der Waals surface area contributed by atoms with Crippen molar-refractivity contribution in [1.29, 1.82) is 5.26 Å². The van der Waals surface area contributed by atoms with Gasteiger partial charge in [0.15, 0.2) is 0 Å². The minimum Gasteiger partial charge on any atom is -0.438 e. The van der Waals surface area contributed by atoms with Gasteiger partial charge in [0.05, 0.1) is 5.56 Å². The molecule has 0 spiro atoms. The maximum absolute atomic E-state index is 13.1. The van der Waals surface area contributed by atoms with Gasteiger partial charge in [0.1, 0.15) is 23.2 Å². The van der Waals surface area contributed by atoms with Crippen LogP contribution in [0.2, 0.25) is 0 Å². The highest BCUT2D eigenvalue weighted by molar-refractivity contribution is 9.10. The molecule has 0 atom stereocenters. The number of pyridine rings is 1. The van der Waals surface area contributed by atoms with E-state index in [2.05, 4.69) is 26.2 Å². The fourth-order valence-electron chi connectivity index (χ4n) is 2.15. The Hall–Kier alpha value is -3.24. The molecular weight excluding hydrogens is 401 g/mol. The van der Waals surface area contributed by atoms with Gasteiger partial charge in [-0.1, -0.05) is 0 Å². The molecule has 3 aromatic rings. The Labute approximate surface area is 157 Å². The number of aromatic nitrogens is 1. The van der Waals surface area contributed by atoms with Gasteiger partial charge >= 0.3 is 0 Å². The third-order valence-electron chi connectivity index (χ3n) is 3.39. The number of amides is 1. The van der Waals surface area contributed by atoms with Crippen molar-refractivity contribution < 1.29 is 13.9 Å². The Morgan fingerprint density at radius 2 is 1.96 bits per heavy atom. The first-order chi connectivity index (χ1) is 12.6. The zero-order valence-corrected chi connectivity index (χ0v) is 14.8. The van der Waals surface area contributed by atoms with Crippen LogP contribution in [-0.2, 0) is 0 Å². The molecule has 0 radical (unpaired) electrons. The molecule has 0 fully saturated rings. The summed E-state index contributed by atoms with van der Waals surface area (Å²) in [7, 11) is 0. The van der Waals surface area contributed by atoms with Gasteiger partial charge in [0.25, 0.3) is 5.91 Å². The average Bonchev–Trinajstić information content (AvgIpc) is 2.63. The molecule has 7 heteroatoms. The molecule has 0 aliphatic heterocycles. The van der Waals surface area contributed by atoms with Crippen LogP contribution in [-0.4, -0.2) is 10.9 Å². The number of hydrogen-bond donors (Lipinski definition) is 1. The van der Waals surface area contributed by atoms with Crippen molar-refractivity contribution in [3.63, 3.8) is 0 Å². The highest BCUT2D eigenvalue weighted by Crippen LogP contribution is 2.25. The summed E-state index contributed by atoms with van der Waals surface area (Å²) in [4.78, 5) is 16.3. The van der Waals surface area contributed by atoms with E-state index in [-0.39, 0.29) is 11.8 Å². The zero-order valence-electron chi connectivity index (χ0n) is 13.2. The number of ether oxygens (including phenoxy) is 1. The molecule has 26 heavy (non-hydrogen) atoms. The number of rotatable bonds is 4. The van der Waals surface area contributed by atoms with Gasteiger partial charge < -0.3 is 10.1 Å². The number of carbonyl (C=O) groups excluding carboxylic acids is 1. The Morgan fingerprint density at radius 3 is 2.65 bits per heavy atom. The van der Waals surface area contributed by atoms with Crippen LogP contribution in [0.3, 0.4) is 0 Å². The molecule has 5 nitrogen and oxygen atoms in total. The van der Waals surface area contributed by atoms with Crippen molar-refractivity contribution in [2.24, 2.45) is 0 Å². The molecule has 0 bridgehead atoms. The lowest BCUT2D eigenvalue weighted by atomic mass is 10.2. The monoisotopic (exact) mass is 411 g/mol. The van der Waals surface area contributed by atoms with E-state index in [0.717, 1.165) is 0 Å². The second-order valence-corrected chi connectivity index (χ2v) is 6.03. The zero-order chi connectivity index (χ0) is 18.5. The molecule has 0 aliphatic carbocycles. The van der Waals surface area contributed by atoms with Crippen molar-refractivity contribution in [3.05, 3.63) is 82.2 Å². The Kier molecular flexibility index (Phi) is 5.25. The lowest BCUT2D eigenvalue weighted by Crippen LogP contribution is -2.12. The Morgan fingerprint density at radius 1 is 1.19 bits per heavy atom. The van der Waals surface area contributed by atoms with Crippen molar-refractivity contribution in [2.75, 3.05) is 5.32 Å². The van der Waals surface area contributed by atoms with Gasteiger partial charge in [0.2, 0.25) is 5.88 Å². The molecule has 2 aromatic carbocycles. The summed E-state index contributed by atoms with van der Waals surface area (Å²) in [5, 5.41) is 11.8. The van der Waals surface area contributed by atoms with E-state index in [1.807, 2.05) is 6.07 Å². The van der Waals surface area contributed by atoms with Crippen molar-refractivity contribution >= 4 is 27.5 Å². The number of carbonyl (C=O) groups is 1. The number of nitriles is 1. The number of nitrogens with zero attached hydrogens (tertiary/aromatic N) is 2. The summed E-state index contributed by atoms with van der Waals surface area (Å²) < 4.78 is 19.1. The van der Waals surface area contributed by atoms with E-state index in [1.165, 1.54) is 24.4 Å². The SMILES string of the molecule is N#Cc1cccnc1Oc1ccc(NC(=O)c2ccc(F)cc2Br)cc1. The van der Waals surface area contributed by atoms with Gasteiger partial charge in [-0.25, -0.2) is 9.37 Å². The first-order valence-electron chi connectivity index (χ1n) is 7.46. The highest BCUT2D eigenvalue weighted by atomic mass is 79.9. The first kappa shape index (κ1) is 17.6. The summed E-state index contributed by atoms with van der Waals surface area (Å²) in [6.07, 6.45) is 1.53. The molecule has 0 saturated carbocycles. The van der Waals surface area contributed by atoms with Crippen LogP contribution < -0.4 is 10.1 Å². The molecular formula is C19H11BrFN3O2. The van der Waals surface area contributed by atoms with Crippen LogP contribution in [0.4, 0.5) is 10.1 Å². The second-order valence-electron chi connectivity index (χ2n) is 5.17. The molecule has 0 saturated heterocycles. The van der Waals surface area contributed by atoms with Crippen LogP contribution in [0.1, 0.15) is 15.9 Å². The number of hydrogen-bond acceptors (Lipinski definition) is 4. The van der Waals surface area contributed by atoms with Gasteiger partial charge in [-0.05, 0) is 70.5 Å². The van der Waals surface area contributed by atoms with Gasteiger partial charge in [-0.3, -0.25) is 4.79 Å². The summed E-state index contributed by atoms with van der Waals surface area (Å²) in [6.45, 7) is 0. The third kappa shape index (κ3) is 4.05. The maximum atomic E-state index is 13.1. The number of benzene rings is 2. The topological polar surface area (TPSA) is 75.0 Å². The molecule has 1 heterocycles.